The Morgan fingerprint density at radius 2 is 2.12 bits per heavy atom. The summed E-state index contributed by atoms with van der Waals surface area (Å²) in [6.07, 6.45) is 2.35. The summed E-state index contributed by atoms with van der Waals surface area (Å²) in [5, 5.41) is 4.04. The molecule has 1 aliphatic heterocycles. The van der Waals surface area contributed by atoms with Crippen LogP contribution in [0.3, 0.4) is 0 Å². The molecule has 1 fully saturated rings. The number of nitrogens with zero attached hydrogens (tertiary/aromatic N) is 1. The first-order valence-corrected chi connectivity index (χ1v) is 2.25. The first-order valence-electron chi connectivity index (χ1n) is 2.25. The van der Waals surface area contributed by atoms with E-state index in [4.69, 9.17) is 0 Å². The molecule has 1 rings (SSSR count). The molecule has 1 aliphatic rings. The van der Waals surface area contributed by atoms with Gasteiger partial charge in [0.2, 0.25) is 0 Å². The fourth-order valence-electron chi connectivity index (χ4n) is 0.599. The van der Waals surface area contributed by atoms with Gasteiger partial charge in [0.15, 0.2) is 0 Å². The van der Waals surface area contributed by atoms with Gasteiger partial charge in [-0.3, -0.25) is 0 Å². The molecule has 0 unspecified atom stereocenters. The van der Waals surface area contributed by atoms with Gasteiger partial charge in [-0.1, -0.05) is 12.8 Å². The normalized spacial score (nSPS) is 15.8. The SMILES string of the molecule is C=C1CCC[N-]1.[CH3-].[Pr+3]. The molecule has 0 amide bonds. The molecule has 42 valence electrons. The van der Waals surface area contributed by atoms with Crippen molar-refractivity contribution in [3.8, 4) is 0 Å². The van der Waals surface area contributed by atoms with Gasteiger partial charge in [-0.15, -0.1) is 13.1 Å². The minimum Gasteiger partial charge on any atom is -0.688 e. The third-order valence-electron chi connectivity index (χ3n) is 0.959. The third-order valence-corrected chi connectivity index (χ3v) is 0.959. The van der Waals surface area contributed by atoms with E-state index < -0.39 is 0 Å². The summed E-state index contributed by atoms with van der Waals surface area (Å²) >= 11 is 0. The minimum atomic E-state index is 0. The molecule has 2 heteroatoms. The van der Waals surface area contributed by atoms with E-state index in [0.717, 1.165) is 18.7 Å². The summed E-state index contributed by atoms with van der Waals surface area (Å²) in [6.45, 7) is 4.70. The second-order valence-electron chi connectivity index (χ2n) is 1.55. The van der Waals surface area contributed by atoms with Crippen molar-refractivity contribution in [2.24, 2.45) is 0 Å². The first-order chi connectivity index (χ1) is 2.89. The zero-order chi connectivity index (χ0) is 4.41. The molecule has 8 heavy (non-hydrogen) atoms. The second-order valence-corrected chi connectivity index (χ2v) is 1.55. The molecule has 0 aromatic rings. The van der Waals surface area contributed by atoms with Crippen LogP contribution in [0.15, 0.2) is 12.3 Å². The summed E-state index contributed by atoms with van der Waals surface area (Å²) in [5.74, 6) is 0. The van der Waals surface area contributed by atoms with Crippen molar-refractivity contribution in [1.29, 1.82) is 0 Å². The van der Waals surface area contributed by atoms with Crippen LogP contribution in [0, 0.1) is 48.7 Å². The van der Waals surface area contributed by atoms with Crippen LogP contribution in [-0.4, -0.2) is 6.54 Å². The fourth-order valence-corrected chi connectivity index (χ4v) is 0.599. The minimum absolute atomic E-state index is 0. The molecule has 1 nitrogen and oxygen atoms in total. The van der Waals surface area contributed by atoms with Gasteiger partial charge in [-0.05, 0) is 0 Å². The topological polar surface area (TPSA) is 14.1 Å². The Bertz CT molecular complexity index is 62.9. The van der Waals surface area contributed by atoms with Crippen molar-refractivity contribution < 1.29 is 41.3 Å². The average Bonchev–Trinajstić information content (AvgIpc) is 1.86. The Balaban J connectivity index is 0. The predicted molar refractivity (Wildman–Crippen MR) is 33.0 cm³/mol. The van der Waals surface area contributed by atoms with Crippen molar-refractivity contribution in [3.63, 3.8) is 0 Å². The standard InChI is InChI=1S/C5H8N.CH3.Pr/c1-5-3-2-4-6-5;;/h1-4H2;1H3;/q2*-1;+3. The monoisotopic (exact) mass is 238 g/mol. The molecule has 0 aromatic carbocycles. The molecular formula is C6H11NPr+. The van der Waals surface area contributed by atoms with Gasteiger partial charge in [-0.25, -0.2) is 0 Å². The fraction of sp³-hybridized carbons (Fsp3) is 0.500. The zero-order valence-electron chi connectivity index (χ0n) is 5.35. The summed E-state index contributed by atoms with van der Waals surface area (Å²) in [6, 6.07) is 0. The van der Waals surface area contributed by atoms with Gasteiger partial charge in [0.1, 0.15) is 0 Å². The van der Waals surface area contributed by atoms with Crippen LogP contribution < -0.4 is 0 Å². The molecule has 0 spiro atoms. The number of rotatable bonds is 0. The van der Waals surface area contributed by atoms with E-state index in [-0.39, 0.29) is 48.7 Å². The van der Waals surface area contributed by atoms with Gasteiger partial charge in [-0.2, -0.15) is 5.70 Å². The van der Waals surface area contributed by atoms with Crippen LogP contribution >= 0.6 is 0 Å². The van der Waals surface area contributed by atoms with Crippen molar-refractivity contribution in [3.05, 3.63) is 25.0 Å². The number of allylic oxidation sites excluding steroid dienone is 1. The van der Waals surface area contributed by atoms with Gasteiger partial charge >= 0.3 is 41.3 Å². The van der Waals surface area contributed by atoms with Crippen molar-refractivity contribution in [2.75, 3.05) is 6.54 Å². The molecule has 1 saturated heterocycles. The maximum atomic E-state index is 4.04. The molecule has 0 aliphatic carbocycles. The summed E-state index contributed by atoms with van der Waals surface area (Å²) in [4.78, 5) is 0. The zero-order valence-corrected chi connectivity index (χ0v) is 9.06. The molecular weight excluding hydrogens is 227 g/mol. The quantitative estimate of drug-likeness (QED) is 0.574. The molecule has 0 saturated carbocycles. The second kappa shape index (κ2) is 6.03. The number of hydrogen-bond acceptors (Lipinski definition) is 0. The Labute approximate surface area is 84.9 Å². The van der Waals surface area contributed by atoms with Gasteiger partial charge in [0, 0.05) is 0 Å². The van der Waals surface area contributed by atoms with E-state index in [1.807, 2.05) is 0 Å². The average molecular weight is 238 g/mol. The van der Waals surface area contributed by atoms with Crippen LogP contribution in [0.4, 0.5) is 0 Å². The predicted octanol–water partition coefficient (Wildman–Crippen LogP) is 2.12. The van der Waals surface area contributed by atoms with Crippen LogP contribution in [0.1, 0.15) is 12.8 Å². The van der Waals surface area contributed by atoms with Crippen LogP contribution in [0.2, 0.25) is 0 Å². The van der Waals surface area contributed by atoms with Crippen molar-refractivity contribution in [2.45, 2.75) is 12.8 Å². The summed E-state index contributed by atoms with van der Waals surface area (Å²) in [5.41, 5.74) is 1.08. The van der Waals surface area contributed by atoms with Crippen LogP contribution in [-0.2, 0) is 0 Å². The van der Waals surface area contributed by atoms with E-state index in [2.05, 4.69) is 11.9 Å². The molecule has 0 radical (unpaired) electrons. The first kappa shape index (κ1) is 11.7. The van der Waals surface area contributed by atoms with Crippen LogP contribution in [0.25, 0.3) is 5.32 Å². The Morgan fingerprint density at radius 3 is 2.25 bits per heavy atom. The maximum Gasteiger partial charge on any atom is 3.00 e. The van der Waals surface area contributed by atoms with Crippen LogP contribution in [0.5, 0.6) is 0 Å². The molecule has 0 aromatic heterocycles. The van der Waals surface area contributed by atoms with Gasteiger partial charge < -0.3 is 12.7 Å². The van der Waals surface area contributed by atoms with Gasteiger partial charge in [0.25, 0.3) is 0 Å². The Kier molecular flexibility index (Phi) is 8.80. The molecule has 0 atom stereocenters. The van der Waals surface area contributed by atoms with Crippen molar-refractivity contribution in [1.82, 2.24) is 0 Å². The Hall–Kier alpha value is 0.904. The van der Waals surface area contributed by atoms with E-state index in [1.165, 1.54) is 6.42 Å². The molecule has 1 heterocycles. The van der Waals surface area contributed by atoms with E-state index in [1.54, 1.807) is 0 Å². The van der Waals surface area contributed by atoms with E-state index in [0.29, 0.717) is 0 Å². The summed E-state index contributed by atoms with van der Waals surface area (Å²) in [7, 11) is 0. The smallest absolute Gasteiger partial charge is 0.688 e. The van der Waals surface area contributed by atoms with Gasteiger partial charge in [0.05, 0.1) is 0 Å². The maximum absolute atomic E-state index is 4.04. The Morgan fingerprint density at radius 1 is 1.50 bits per heavy atom. The molecule has 0 N–H and O–H groups in total. The van der Waals surface area contributed by atoms with E-state index in [9.17, 15) is 0 Å². The molecule has 0 bridgehead atoms. The third kappa shape index (κ3) is 3.85. The summed E-state index contributed by atoms with van der Waals surface area (Å²) < 4.78 is 0. The van der Waals surface area contributed by atoms with Crippen molar-refractivity contribution >= 4 is 0 Å². The van der Waals surface area contributed by atoms with E-state index >= 15 is 0 Å². The number of hydrogen-bond donors (Lipinski definition) is 0. The largest absolute Gasteiger partial charge is 3.00 e.